The topological polar surface area (TPSA) is 68.0 Å². The SMILES string of the molecule is Cc1ccc(Nc2nc(N)c(C(=O)c3ccccc3F)s2)cc1. The quantitative estimate of drug-likeness (QED) is 0.707. The van der Waals surface area contributed by atoms with Crippen LogP contribution in [-0.4, -0.2) is 10.8 Å². The van der Waals surface area contributed by atoms with Gasteiger partial charge in [0.05, 0.1) is 5.56 Å². The van der Waals surface area contributed by atoms with Gasteiger partial charge in [-0.15, -0.1) is 0 Å². The molecular formula is C17H14FN3OS. The number of nitrogens with two attached hydrogens (primary N) is 1. The predicted molar refractivity (Wildman–Crippen MR) is 90.8 cm³/mol. The molecule has 6 heteroatoms. The van der Waals surface area contributed by atoms with E-state index in [9.17, 15) is 9.18 Å². The van der Waals surface area contributed by atoms with Crippen molar-refractivity contribution in [3.63, 3.8) is 0 Å². The van der Waals surface area contributed by atoms with E-state index in [4.69, 9.17) is 5.73 Å². The van der Waals surface area contributed by atoms with Crippen molar-refractivity contribution in [3.8, 4) is 0 Å². The van der Waals surface area contributed by atoms with Crippen molar-refractivity contribution >= 4 is 33.8 Å². The molecule has 116 valence electrons. The largest absolute Gasteiger partial charge is 0.382 e. The van der Waals surface area contributed by atoms with Crippen molar-refractivity contribution in [3.05, 3.63) is 70.4 Å². The minimum atomic E-state index is -0.571. The molecule has 0 spiro atoms. The molecule has 3 N–H and O–H groups in total. The van der Waals surface area contributed by atoms with Gasteiger partial charge in [-0.1, -0.05) is 41.2 Å². The van der Waals surface area contributed by atoms with Crippen LogP contribution in [0.1, 0.15) is 20.8 Å². The highest BCUT2D eigenvalue weighted by molar-refractivity contribution is 7.18. The number of nitrogens with zero attached hydrogens (tertiary/aromatic N) is 1. The van der Waals surface area contributed by atoms with Crippen LogP contribution in [0.4, 0.5) is 21.0 Å². The van der Waals surface area contributed by atoms with Gasteiger partial charge in [-0.2, -0.15) is 0 Å². The second kappa shape index (κ2) is 6.18. The van der Waals surface area contributed by atoms with Crippen LogP contribution in [0.2, 0.25) is 0 Å². The fourth-order valence-corrected chi connectivity index (χ4v) is 2.94. The zero-order valence-corrected chi connectivity index (χ0v) is 13.2. The minimum absolute atomic E-state index is 0.00950. The lowest BCUT2D eigenvalue weighted by molar-refractivity contribution is 0.103. The van der Waals surface area contributed by atoms with E-state index >= 15 is 0 Å². The zero-order chi connectivity index (χ0) is 16.4. The molecule has 0 fully saturated rings. The van der Waals surface area contributed by atoms with Crippen LogP contribution in [-0.2, 0) is 0 Å². The van der Waals surface area contributed by atoms with Gasteiger partial charge >= 0.3 is 0 Å². The highest BCUT2D eigenvalue weighted by Crippen LogP contribution is 2.30. The van der Waals surface area contributed by atoms with Crippen LogP contribution in [0, 0.1) is 12.7 Å². The third kappa shape index (κ3) is 3.22. The molecule has 2 aromatic carbocycles. The fourth-order valence-electron chi connectivity index (χ4n) is 2.08. The molecule has 0 saturated heterocycles. The maximum Gasteiger partial charge on any atom is 0.209 e. The number of halogens is 1. The molecule has 0 unspecified atom stereocenters. The Morgan fingerprint density at radius 1 is 1.17 bits per heavy atom. The van der Waals surface area contributed by atoms with Crippen molar-refractivity contribution in [2.75, 3.05) is 11.1 Å². The molecule has 0 aliphatic heterocycles. The Morgan fingerprint density at radius 3 is 2.57 bits per heavy atom. The van der Waals surface area contributed by atoms with E-state index in [1.165, 1.54) is 18.2 Å². The second-order valence-corrected chi connectivity index (χ2v) is 6.03. The number of aryl methyl sites for hydroxylation is 1. The summed E-state index contributed by atoms with van der Waals surface area (Å²) in [7, 11) is 0. The Balaban J connectivity index is 1.88. The summed E-state index contributed by atoms with van der Waals surface area (Å²) in [4.78, 5) is 16.8. The standard InChI is InChI=1S/C17H14FN3OS/c1-10-6-8-11(9-7-10)20-17-21-16(19)15(23-17)14(22)12-4-2-3-5-13(12)18/h2-9H,19H2,1H3,(H,20,21). The molecule has 3 rings (SSSR count). The highest BCUT2D eigenvalue weighted by atomic mass is 32.1. The van der Waals surface area contributed by atoms with Gasteiger partial charge in [0, 0.05) is 5.69 Å². The summed E-state index contributed by atoms with van der Waals surface area (Å²) >= 11 is 1.11. The maximum absolute atomic E-state index is 13.8. The maximum atomic E-state index is 13.8. The summed E-state index contributed by atoms with van der Waals surface area (Å²) in [5.41, 5.74) is 7.80. The molecule has 23 heavy (non-hydrogen) atoms. The smallest absolute Gasteiger partial charge is 0.209 e. The summed E-state index contributed by atoms with van der Waals surface area (Å²) in [6, 6.07) is 13.6. The first-order valence-corrected chi connectivity index (χ1v) is 7.75. The van der Waals surface area contributed by atoms with Gasteiger partial charge in [-0.25, -0.2) is 9.37 Å². The number of hydrogen-bond acceptors (Lipinski definition) is 5. The molecule has 0 atom stereocenters. The van der Waals surface area contributed by atoms with Gasteiger partial charge in [0.15, 0.2) is 5.13 Å². The van der Waals surface area contributed by atoms with Gasteiger partial charge in [0.1, 0.15) is 16.5 Å². The van der Waals surface area contributed by atoms with Crippen LogP contribution < -0.4 is 11.1 Å². The van der Waals surface area contributed by atoms with E-state index in [1.807, 2.05) is 31.2 Å². The molecular weight excluding hydrogens is 313 g/mol. The van der Waals surface area contributed by atoms with Crippen molar-refractivity contribution in [2.24, 2.45) is 0 Å². The summed E-state index contributed by atoms with van der Waals surface area (Å²) < 4.78 is 13.8. The normalized spacial score (nSPS) is 10.5. The van der Waals surface area contributed by atoms with Gasteiger partial charge in [-0.05, 0) is 31.2 Å². The van der Waals surface area contributed by atoms with Crippen molar-refractivity contribution in [1.82, 2.24) is 4.98 Å². The number of rotatable bonds is 4. The summed E-state index contributed by atoms with van der Waals surface area (Å²) in [6.07, 6.45) is 0. The third-order valence-corrected chi connectivity index (χ3v) is 4.27. The summed E-state index contributed by atoms with van der Waals surface area (Å²) in [5.74, 6) is -0.939. The van der Waals surface area contributed by atoms with Gasteiger partial charge in [0.2, 0.25) is 5.78 Å². The third-order valence-electron chi connectivity index (χ3n) is 3.28. The number of hydrogen-bond donors (Lipinski definition) is 2. The molecule has 0 radical (unpaired) electrons. The van der Waals surface area contributed by atoms with Crippen molar-refractivity contribution in [1.29, 1.82) is 0 Å². The highest BCUT2D eigenvalue weighted by Gasteiger charge is 2.20. The molecule has 0 bridgehead atoms. The van der Waals surface area contributed by atoms with E-state index in [0.29, 0.717) is 5.13 Å². The van der Waals surface area contributed by atoms with Gasteiger partial charge in [0.25, 0.3) is 0 Å². The minimum Gasteiger partial charge on any atom is -0.382 e. The van der Waals surface area contributed by atoms with E-state index in [0.717, 1.165) is 22.6 Å². The average Bonchev–Trinajstić information content (AvgIpc) is 2.90. The van der Waals surface area contributed by atoms with E-state index in [-0.39, 0.29) is 16.3 Å². The summed E-state index contributed by atoms with van der Waals surface area (Å²) in [6.45, 7) is 2.00. The number of benzene rings is 2. The number of nitrogens with one attached hydrogen (secondary N) is 1. The number of anilines is 3. The second-order valence-electron chi connectivity index (χ2n) is 5.03. The molecule has 4 nitrogen and oxygen atoms in total. The fraction of sp³-hybridized carbons (Fsp3) is 0.0588. The molecule has 0 amide bonds. The number of carbonyl (C=O) groups is 1. The first-order valence-electron chi connectivity index (χ1n) is 6.94. The lowest BCUT2D eigenvalue weighted by atomic mass is 10.1. The average molecular weight is 327 g/mol. The number of ketones is 1. The van der Waals surface area contributed by atoms with E-state index in [2.05, 4.69) is 10.3 Å². The molecule has 1 aromatic heterocycles. The van der Waals surface area contributed by atoms with Crippen LogP contribution in [0.15, 0.2) is 48.5 Å². The number of thiazole rings is 1. The monoisotopic (exact) mass is 327 g/mol. The Labute approximate surface area is 136 Å². The molecule has 1 heterocycles. The molecule has 3 aromatic rings. The van der Waals surface area contributed by atoms with Crippen LogP contribution in [0.5, 0.6) is 0 Å². The van der Waals surface area contributed by atoms with Crippen molar-refractivity contribution in [2.45, 2.75) is 6.92 Å². The number of nitrogen functional groups attached to an aromatic ring is 1. The van der Waals surface area contributed by atoms with Crippen LogP contribution >= 0.6 is 11.3 Å². The van der Waals surface area contributed by atoms with Crippen LogP contribution in [0.3, 0.4) is 0 Å². The van der Waals surface area contributed by atoms with Crippen LogP contribution in [0.25, 0.3) is 0 Å². The Hall–Kier alpha value is -2.73. The Bertz CT molecular complexity index is 859. The molecule has 0 aliphatic carbocycles. The summed E-state index contributed by atoms with van der Waals surface area (Å²) in [5, 5.41) is 3.59. The Morgan fingerprint density at radius 2 is 1.87 bits per heavy atom. The molecule has 0 saturated carbocycles. The number of aromatic nitrogens is 1. The van der Waals surface area contributed by atoms with E-state index in [1.54, 1.807) is 6.07 Å². The Kier molecular flexibility index (Phi) is 4.08. The lowest BCUT2D eigenvalue weighted by Crippen LogP contribution is -2.04. The van der Waals surface area contributed by atoms with Gasteiger partial charge < -0.3 is 11.1 Å². The van der Waals surface area contributed by atoms with Gasteiger partial charge in [-0.3, -0.25) is 4.79 Å². The number of carbonyl (C=O) groups excluding carboxylic acids is 1. The van der Waals surface area contributed by atoms with Crippen molar-refractivity contribution < 1.29 is 9.18 Å². The first kappa shape index (κ1) is 15.2. The zero-order valence-electron chi connectivity index (χ0n) is 12.3. The molecule has 0 aliphatic rings. The van der Waals surface area contributed by atoms with E-state index < -0.39 is 11.6 Å². The predicted octanol–water partition coefficient (Wildman–Crippen LogP) is 4.15. The lowest BCUT2D eigenvalue weighted by Gasteiger charge is -2.02. The first-order chi connectivity index (χ1) is 11.0.